The monoisotopic (exact) mass is 429 g/mol. The number of nitrogens with zero attached hydrogens (tertiary/aromatic N) is 2. The second kappa shape index (κ2) is 10.8. The van der Waals surface area contributed by atoms with Crippen molar-refractivity contribution >= 4 is 11.5 Å². The predicted octanol–water partition coefficient (Wildman–Crippen LogP) is 6.94. The Morgan fingerprint density at radius 2 is 1.65 bits per heavy atom. The van der Waals surface area contributed by atoms with E-state index in [1.165, 1.54) is 19.3 Å². The first-order valence-electron chi connectivity index (χ1n) is 10.4. The zero-order valence-corrected chi connectivity index (χ0v) is 17.5. The lowest BCUT2D eigenvalue weighted by molar-refractivity contribution is -0.137. The van der Waals surface area contributed by atoms with E-state index in [9.17, 15) is 13.2 Å². The molecule has 0 unspecified atom stereocenters. The summed E-state index contributed by atoms with van der Waals surface area (Å²) >= 11 is 0. The molecule has 0 amide bonds. The lowest BCUT2D eigenvalue weighted by Gasteiger charge is -2.15. The molecule has 0 aliphatic heterocycles. The van der Waals surface area contributed by atoms with Crippen molar-refractivity contribution < 1.29 is 17.9 Å². The van der Waals surface area contributed by atoms with E-state index >= 15 is 0 Å². The molecular formula is C24H26F3N3O. The van der Waals surface area contributed by atoms with E-state index in [0.717, 1.165) is 30.2 Å². The highest BCUT2D eigenvalue weighted by Gasteiger charge is 2.35. The second-order valence-electron chi connectivity index (χ2n) is 7.32. The van der Waals surface area contributed by atoms with Gasteiger partial charge in [-0.3, -0.25) is 0 Å². The van der Waals surface area contributed by atoms with E-state index in [2.05, 4.69) is 22.2 Å². The van der Waals surface area contributed by atoms with Crippen molar-refractivity contribution in [2.75, 3.05) is 5.32 Å². The minimum absolute atomic E-state index is 0.119. The van der Waals surface area contributed by atoms with Gasteiger partial charge < -0.3 is 10.1 Å². The van der Waals surface area contributed by atoms with Gasteiger partial charge in [-0.15, -0.1) is 0 Å². The van der Waals surface area contributed by atoms with Crippen molar-refractivity contribution in [2.24, 2.45) is 0 Å². The molecular weight excluding hydrogens is 403 g/mol. The smallest absolute Gasteiger partial charge is 0.421 e. The van der Waals surface area contributed by atoms with Crippen LogP contribution in [0.25, 0.3) is 0 Å². The van der Waals surface area contributed by atoms with Gasteiger partial charge in [0.1, 0.15) is 18.0 Å². The standard InChI is InChI=1S/C24H26F3N3O/c1-2-3-4-6-9-18-12-14-20(15-13-18)29-22-21(24(25,26)27)16-28-23(30-22)31-17-19-10-7-5-8-11-19/h5,7-8,10-16H,2-4,6,9,17H2,1H3,(H,28,29,30). The molecule has 0 aliphatic rings. The first kappa shape index (κ1) is 22.6. The summed E-state index contributed by atoms with van der Waals surface area (Å²) in [6.07, 6.45) is 1.80. The van der Waals surface area contributed by atoms with Crippen LogP contribution < -0.4 is 10.1 Å². The Bertz CT molecular complexity index is 945. The number of alkyl halides is 3. The molecule has 3 aromatic rings. The van der Waals surface area contributed by atoms with Gasteiger partial charge in [0.05, 0.1) is 0 Å². The van der Waals surface area contributed by atoms with Crippen LogP contribution in [0.15, 0.2) is 60.8 Å². The number of aromatic nitrogens is 2. The fourth-order valence-corrected chi connectivity index (χ4v) is 3.11. The van der Waals surface area contributed by atoms with Crippen molar-refractivity contribution in [1.82, 2.24) is 9.97 Å². The van der Waals surface area contributed by atoms with Crippen molar-refractivity contribution in [3.05, 3.63) is 77.5 Å². The van der Waals surface area contributed by atoms with E-state index in [4.69, 9.17) is 4.74 Å². The van der Waals surface area contributed by atoms with Crippen LogP contribution in [0.2, 0.25) is 0 Å². The Morgan fingerprint density at radius 1 is 0.903 bits per heavy atom. The highest BCUT2D eigenvalue weighted by molar-refractivity contribution is 5.60. The van der Waals surface area contributed by atoms with Crippen LogP contribution in [0.4, 0.5) is 24.7 Å². The normalized spacial score (nSPS) is 11.4. The lowest BCUT2D eigenvalue weighted by atomic mass is 10.1. The van der Waals surface area contributed by atoms with Crippen molar-refractivity contribution in [3.8, 4) is 6.01 Å². The summed E-state index contributed by atoms with van der Waals surface area (Å²) in [7, 11) is 0. The van der Waals surface area contributed by atoms with Gasteiger partial charge in [-0.25, -0.2) is 4.98 Å². The maximum Gasteiger partial charge on any atom is 0.421 e. The molecule has 1 aromatic heterocycles. The number of aryl methyl sites for hydroxylation is 1. The Balaban J connectivity index is 1.71. The molecule has 1 N–H and O–H groups in total. The van der Waals surface area contributed by atoms with Gasteiger partial charge in [-0.1, -0.05) is 68.7 Å². The fourth-order valence-electron chi connectivity index (χ4n) is 3.11. The zero-order valence-electron chi connectivity index (χ0n) is 17.5. The minimum atomic E-state index is -4.58. The first-order valence-corrected chi connectivity index (χ1v) is 10.4. The van der Waals surface area contributed by atoms with Gasteiger partial charge in [0.15, 0.2) is 0 Å². The number of hydrogen-bond acceptors (Lipinski definition) is 4. The molecule has 0 saturated carbocycles. The molecule has 164 valence electrons. The number of halogens is 3. The van der Waals surface area contributed by atoms with Gasteiger partial charge in [0, 0.05) is 11.9 Å². The molecule has 3 rings (SSSR count). The van der Waals surface area contributed by atoms with Crippen LogP contribution in [0.3, 0.4) is 0 Å². The maximum atomic E-state index is 13.4. The summed E-state index contributed by atoms with van der Waals surface area (Å²) in [6, 6.07) is 16.6. The van der Waals surface area contributed by atoms with Crippen molar-refractivity contribution in [3.63, 3.8) is 0 Å². The highest BCUT2D eigenvalue weighted by Crippen LogP contribution is 2.35. The molecule has 4 nitrogen and oxygen atoms in total. The summed E-state index contributed by atoms with van der Waals surface area (Å²) in [5, 5.41) is 2.77. The molecule has 0 atom stereocenters. The van der Waals surface area contributed by atoms with E-state index in [1.54, 1.807) is 12.1 Å². The van der Waals surface area contributed by atoms with E-state index in [-0.39, 0.29) is 18.4 Å². The highest BCUT2D eigenvalue weighted by atomic mass is 19.4. The maximum absolute atomic E-state index is 13.4. The lowest BCUT2D eigenvalue weighted by Crippen LogP contribution is -2.12. The Kier molecular flexibility index (Phi) is 7.87. The van der Waals surface area contributed by atoms with Gasteiger partial charge in [-0.2, -0.15) is 18.2 Å². The van der Waals surface area contributed by atoms with Crippen LogP contribution in [0, 0.1) is 0 Å². The minimum Gasteiger partial charge on any atom is -0.459 e. The van der Waals surface area contributed by atoms with Gasteiger partial charge in [-0.05, 0) is 36.1 Å². The Labute approximate surface area is 180 Å². The summed E-state index contributed by atoms with van der Waals surface area (Å²) in [6.45, 7) is 2.33. The number of ether oxygens (including phenoxy) is 1. The molecule has 0 aliphatic carbocycles. The topological polar surface area (TPSA) is 47.0 Å². The van der Waals surface area contributed by atoms with Crippen LogP contribution in [0.1, 0.15) is 49.3 Å². The van der Waals surface area contributed by atoms with Crippen LogP contribution >= 0.6 is 0 Å². The van der Waals surface area contributed by atoms with Gasteiger partial charge >= 0.3 is 12.2 Å². The summed E-state index contributed by atoms with van der Waals surface area (Å²) in [5.74, 6) is -0.332. The zero-order chi connectivity index (χ0) is 22.1. The van der Waals surface area contributed by atoms with E-state index in [1.807, 2.05) is 42.5 Å². The molecule has 0 bridgehead atoms. The third-order valence-corrected chi connectivity index (χ3v) is 4.82. The largest absolute Gasteiger partial charge is 0.459 e. The number of nitrogens with one attached hydrogen (secondary N) is 1. The SMILES string of the molecule is CCCCCCc1ccc(Nc2nc(OCc3ccccc3)ncc2C(F)(F)F)cc1. The number of benzene rings is 2. The number of anilines is 2. The molecule has 0 saturated heterocycles. The number of unbranched alkanes of at least 4 members (excludes halogenated alkanes) is 3. The molecule has 31 heavy (non-hydrogen) atoms. The summed E-state index contributed by atoms with van der Waals surface area (Å²) in [5.41, 5.74) is 1.61. The van der Waals surface area contributed by atoms with Gasteiger partial charge in [0.2, 0.25) is 0 Å². The molecule has 0 fully saturated rings. The molecule has 7 heteroatoms. The third kappa shape index (κ3) is 6.98. The van der Waals surface area contributed by atoms with E-state index < -0.39 is 11.7 Å². The second-order valence-corrected chi connectivity index (χ2v) is 7.32. The number of rotatable bonds is 10. The predicted molar refractivity (Wildman–Crippen MR) is 115 cm³/mol. The third-order valence-electron chi connectivity index (χ3n) is 4.82. The number of hydrogen-bond donors (Lipinski definition) is 1. The summed E-state index contributed by atoms with van der Waals surface area (Å²) < 4.78 is 45.8. The van der Waals surface area contributed by atoms with Crippen molar-refractivity contribution in [1.29, 1.82) is 0 Å². The average Bonchev–Trinajstić information content (AvgIpc) is 2.76. The van der Waals surface area contributed by atoms with Crippen molar-refractivity contribution in [2.45, 2.75) is 51.8 Å². The molecule has 0 radical (unpaired) electrons. The average molecular weight is 429 g/mol. The fraction of sp³-hybridized carbons (Fsp3) is 0.333. The van der Waals surface area contributed by atoms with Crippen LogP contribution in [0.5, 0.6) is 6.01 Å². The van der Waals surface area contributed by atoms with Crippen LogP contribution in [-0.4, -0.2) is 9.97 Å². The quantitative estimate of drug-likeness (QED) is 0.355. The molecule has 1 heterocycles. The van der Waals surface area contributed by atoms with E-state index in [0.29, 0.717) is 5.69 Å². The van der Waals surface area contributed by atoms with Crippen LogP contribution in [-0.2, 0) is 19.2 Å². The molecule has 2 aromatic carbocycles. The Morgan fingerprint density at radius 3 is 2.32 bits per heavy atom. The summed E-state index contributed by atoms with van der Waals surface area (Å²) in [4.78, 5) is 7.71. The first-order chi connectivity index (χ1) is 15.0. The Hall–Kier alpha value is -3.09. The molecule has 0 spiro atoms. The van der Waals surface area contributed by atoms with Gasteiger partial charge in [0.25, 0.3) is 0 Å².